The van der Waals surface area contributed by atoms with E-state index in [4.69, 9.17) is 34.2 Å². The molecular weight excluding hydrogens is 297 g/mol. The van der Waals surface area contributed by atoms with Crippen molar-refractivity contribution >= 4 is 40.5 Å². The molecule has 0 saturated carbocycles. The molecule has 0 heterocycles. The third-order valence-corrected chi connectivity index (χ3v) is 3.24. The molecule has 0 radical (unpaired) electrons. The first kappa shape index (κ1) is 14.2. The Bertz CT molecular complexity index is 682. The first-order valence-electron chi connectivity index (χ1n) is 5.57. The zero-order valence-electron chi connectivity index (χ0n) is 10.2. The second kappa shape index (κ2) is 5.83. The van der Waals surface area contributed by atoms with Crippen LogP contribution in [0.15, 0.2) is 36.4 Å². The van der Waals surface area contributed by atoms with Crippen LogP contribution in [-0.2, 0) is 0 Å². The number of nitrogens with zero attached hydrogens (tertiary/aromatic N) is 1. The third kappa shape index (κ3) is 3.02. The summed E-state index contributed by atoms with van der Waals surface area (Å²) in [5.41, 5.74) is 7.24. The third-order valence-electron chi connectivity index (χ3n) is 2.61. The normalized spacial score (nSPS) is 9.85. The zero-order chi connectivity index (χ0) is 14.7. The van der Waals surface area contributed by atoms with Gasteiger partial charge >= 0.3 is 0 Å². The summed E-state index contributed by atoms with van der Waals surface area (Å²) in [6.45, 7) is 0. The number of carbonyl (C=O) groups excluding carboxylic acids is 1. The highest BCUT2D eigenvalue weighted by Crippen LogP contribution is 2.31. The van der Waals surface area contributed by atoms with Gasteiger partial charge in [-0.3, -0.25) is 4.79 Å². The van der Waals surface area contributed by atoms with E-state index in [1.807, 2.05) is 6.07 Å². The number of anilines is 2. The predicted molar refractivity (Wildman–Crippen MR) is 80.0 cm³/mol. The lowest BCUT2D eigenvalue weighted by molar-refractivity contribution is 0.102. The van der Waals surface area contributed by atoms with Crippen LogP contribution in [0.4, 0.5) is 11.4 Å². The van der Waals surface area contributed by atoms with Gasteiger partial charge in [0, 0.05) is 11.3 Å². The van der Waals surface area contributed by atoms with Crippen molar-refractivity contribution in [1.82, 2.24) is 0 Å². The number of nitrogens with two attached hydrogens (primary N) is 1. The second-order valence-corrected chi connectivity index (χ2v) is 4.81. The first-order chi connectivity index (χ1) is 9.51. The van der Waals surface area contributed by atoms with Gasteiger partial charge in [-0.05, 0) is 36.4 Å². The van der Waals surface area contributed by atoms with E-state index < -0.39 is 0 Å². The van der Waals surface area contributed by atoms with Crippen LogP contribution >= 0.6 is 23.2 Å². The molecule has 0 saturated heterocycles. The largest absolute Gasteiger partial charge is 0.396 e. The number of amides is 1. The number of carbonyl (C=O) groups is 1. The molecule has 0 fully saturated rings. The molecule has 0 aliphatic rings. The average molecular weight is 306 g/mol. The number of nitrogens with one attached hydrogen (secondary N) is 1. The van der Waals surface area contributed by atoms with Gasteiger partial charge in [0.05, 0.1) is 27.4 Å². The molecule has 0 bridgehead atoms. The van der Waals surface area contributed by atoms with Crippen LogP contribution < -0.4 is 11.1 Å². The Morgan fingerprint density at radius 2 is 1.70 bits per heavy atom. The van der Waals surface area contributed by atoms with Gasteiger partial charge in [0.15, 0.2) is 0 Å². The Labute approximate surface area is 125 Å². The van der Waals surface area contributed by atoms with E-state index in [0.29, 0.717) is 16.8 Å². The summed E-state index contributed by atoms with van der Waals surface area (Å²) in [4.78, 5) is 12.0. The van der Waals surface area contributed by atoms with Crippen molar-refractivity contribution in [2.75, 3.05) is 11.1 Å². The molecule has 100 valence electrons. The molecule has 0 spiro atoms. The zero-order valence-corrected chi connectivity index (χ0v) is 11.7. The molecule has 0 aliphatic heterocycles. The van der Waals surface area contributed by atoms with Crippen molar-refractivity contribution in [1.29, 1.82) is 5.26 Å². The molecule has 1 amide bonds. The predicted octanol–water partition coefficient (Wildman–Crippen LogP) is 3.70. The van der Waals surface area contributed by atoms with Crippen LogP contribution in [0.25, 0.3) is 0 Å². The summed E-state index contributed by atoms with van der Waals surface area (Å²) in [6, 6.07) is 11.3. The van der Waals surface area contributed by atoms with Gasteiger partial charge in [-0.2, -0.15) is 5.26 Å². The van der Waals surface area contributed by atoms with Crippen LogP contribution in [0, 0.1) is 11.3 Å². The van der Waals surface area contributed by atoms with Crippen LogP contribution in [0.5, 0.6) is 0 Å². The number of nitrogen functional groups attached to an aromatic ring is 1. The first-order valence-corrected chi connectivity index (χ1v) is 6.33. The van der Waals surface area contributed by atoms with Crippen LogP contribution in [0.3, 0.4) is 0 Å². The number of hydrogen-bond donors (Lipinski definition) is 2. The Kier molecular flexibility index (Phi) is 4.14. The van der Waals surface area contributed by atoms with E-state index in [-0.39, 0.29) is 21.6 Å². The monoisotopic (exact) mass is 305 g/mol. The fourth-order valence-corrected chi connectivity index (χ4v) is 2.04. The maximum atomic E-state index is 12.0. The van der Waals surface area contributed by atoms with E-state index >= 15 is 0 Å². The molecule has 2 rings (SSSR count). The molecule has 0 aromatic heterocycles. The molecule has 2 aromatic rings. The second-order valence-electron chi connectivity index (χ2n) is 4.00. The van der Waals surface area contributed by atoms with Gasteiger partial charge in [-0.25, -0.2) is 0 Å². The van der Waals surface area contributed by atoms with Crippen molar-refractivity contribution in [3.63, 3.8) is 0 Å². The summed E-state index contributed by atoms with van der Waals surface area (Å²) < 4.78 is 0. The van der Waals surface area contributed by atoms with Crippen LogP contribution in [0.2, 0.25) is 10.0 Å². The number of benzene rings is 2. The minimum Gasteiger partial charge on any atom is -0.396 e. The van der Waals surface area contributed by atoms with Crippen molar-refractivity contribution in [3.05, 3.63) is 57.6 Å². The average Bonchev–Trinajstić information content (AvgIpc) is 2.44. The van der Waals surface area contributed by atoms with E-state index in [2.05, 4.69) is 5.32 Å². The van der Waals surface area contributed by atoms with Crippen LogP contribution in [0.1, 0.15) is 15.9 Å². The Hall–Kier alpha value is -2.22. The Balaban J connectivity index is 2.21. The maximum Gasteiger partial charge on any atom is 0.255 e. The minimum atomic E-state index is -0.327. The number of hydrogen-bond acceptors (Lipinski definition) is 3. The molecule has 2 aromatic carbocycles. The summed E-state index contributed by atoms with van der Waals surface area (Å²) in [7, 11) is 0. The Morgan fingerprint density at radius 3 is 2.20 bits per heavy atom. The highest BCUT2D eigenvalue weighted by molar-refractivity contribution is 6.39. The van der Waals surface area contributed by atoms with Crippen molar-refractivity contribution in [3.8, 4) is 6.07 Å². The maximum absolute atomic E-state index is 12.0. The molecule has 20 heavy (non-hydrogen) atoms. The standard InChI is InChI=1S/C14H9Cl2N3O/c15-11-5-10(6-12(16)13(11)18)19-14(20)9-3-1-8(7-17)2-4-9/h1-6H,18H2,(H,19,20). The van der Waals surface area contributed by atoms with E-state index in [1.165, 1.54) is 12.1 Å². The van der Waals surface area contributed by atoms with Gasteiger partial charge in [0.2, 0.25) is 0 Å². The summed E-state index contributed by atoms with van der Waals surface area (Å²) in [6.07, 6.45) is 0. The summed E-state index contributed by atoms with van der Waals surface area (Å²) >= 11 is 11.8. The summed E-state index contributed by atoms with van der Waals surface area (Å²) in [5.74, 6) is -0.327. The molecule has 4 nitrogen and oxygen atoms in total. The van der Waals surface area contributed by atoms with Gasteiger partial charge in [-0.1, -0.05) is 23.2 Å². The minimum absolute atomic E-state index is 0.268. The van der Waals surface area contributed by atoms with Crippen molar-refractivity contribution in [2.24, 2.45) is 0 Å². The molecule has 0 atom stereocenters. The fraction of sp³-hybridized carbons (Fsp3) is 0. The molecule has 3 N–H and O–H groups in total. The lowest BCUT2D eigenvalue weighted by Crippen LogP contribution is -2.12. The molecular formula is C14H9Cl2N3O. The number of halogens is 2. The van der Waals surface area contributed by atoms with Crippen LogP contribution in [-0.4, -0.2) is 5.91 Å². The fourth-order valence-electron chi connectivity index (χ4n) is 1.56. The Morgan fingerprint density at radius 1 is 1.15 bits per heavy atom. The van der Waals surface area contributed by atoms with Gasteiger partial charge in [0.1, 0.15) is 0 Å². The lowest BCUT2D eigenvalue weighted by atomic mass is 10.1. The lowest BCUT2D eigenvalue weighted by Gasteiger charge is -2.08. The smallest absolute Gasteiger partial charge is 0.255 e. The van der Waals surface area contributed by atoms with Crippen molar-refractivity contribution < 1.29 is 4.79 Å². The SMILES string of the molecule is N#Cc1ccc(C(=O)Nc2cc(Cl)c(N)c(Cl)c2)cc1. The van der Waals surface area contributed by atoms with Gasteiger partial charge in [-0.15, -0.1) is 0 Å². The van der Waals surface area contributed by atoms with E-state index in [1.54, 1.807) is 24.3 Å². The van der Waals surface area contributed by atoms with Gasteiger partial charge in [0.25, 0.3) is 5.91 Å². The quantitative estimate of drug-likeness (QED) is 0.830. The topological polar surface area (TPSA) is 78.9 Å². The molecule has 0 unspecified atom stereocenters. The number of nitriles is 1. The number of rotatable bonds is 2. The van der Waals surface area contributed by atoms with Gasteiger partial charge < -0.3 is 11.1 Å². The molecule has 6 heteroatoms. The highest BCUT2D eigenvalue weighted by Gasteiger charge is 2.09. The summed E-state index contributed by atoms with van der Waals surface area (Å²) in [5, 5.41) is 11.9. The van der Waals surface area contributed by atoms with Crippen molar-refractivity contribution in [2.45, 2.75) is 0 Å². The van der Waals surface area contributed by atoms with E-state index in [9.17, 15) is 4.79 Å². The van der Waals surface area contributed by atoms with E-state index in [0.717, 1.165) is 0 Å². The highest BCUT2D eigenvalue weighted by atomic mass is 35.5. The molecule has 0 aliphatic carbocycles.